The van der Waals surface area contributed by atoms with Crippen molar-refractivity contribution in [2.45, 2.75) is 27.2 Å². The lowest BCUT2D eigenvalue weighted by molar-refractivity contribution is -0.110. The Morgan fingerprint density at radius 3 is 2.65 bits per heavy atom. The molecule has 20 heavy (non-hydrogen) atoms. The van der Waals surface area contributed by atoms with Crippen LogP contribution in [-0.2, 0) is 11.2 Å². The summed E-state index contributed by atoms with van der Waals surface area (Å²) < 4.78 is 0. The number of aryl methyl sites for hydroxylation is 1. The fourth-order valence-electron chi connectivity index (χ4n) is 2.92. The van der Waals surface area contributed by atoms with Crippen LogP contribution in [0.3, 0.4) is 0 Å². The molecule has 0 bridgehead atoms. The molecule has 2 heterocycles. The Labute approximate surface area is 118 Å². The van der Waals surface area contributed by atoms with Gasteiger partial charge in [-0.3, -0.25) is 4.79 Å². The van der Waals surface area contributed by atoms with Gasteiger partial charge in [0.1, 0.15) is 0 Å². The number of anilines is 1. The van der Waals surface area contributed by atoms with Crippen LogP contribution in [0.5, 0.6) is 0 Å². The number of para-hydroxylation sites is 1. The van der Waals surface area contributed by atoms with Gasteiger partial charge in [0.25, 0.3) is 5.91 Å². The van der Waals surface area contributed by atoms with Gasteiger partial charge in [-0.1, -0.05) is 25.1 Å². The first-order valence-electron chi connectivity index (χ1n) is 6.92. The largest absolute Gasteiger partial charge is 0.359 e. The van der Waals surface area contributed by atoms with Gasteiger partial charge >= 0.3 is 0 Å². The molecule has 2 aromatic rings. The van der Waals surface area contributed by atoms with Crippen LogP contribution in [0.1, 0.15) is 35.0 Å². The fraction of sp³-hybridized carbons (Fsp3) is 0.235. The zero-order valence-corrected chi connectivity index (χ0v) is 12.0. The Balaban J connectivity index is 2.12. The number of hydrogen-bond acceptors (Lipinski definition) is 1. The molecule has 102 valence electrons. The van der Waals surface area contributed by atoms with Gasteiger partial charge in [0.15, 0.2) is 0 Å². The Morgan fingerprint density at radius 1 is 1.20 bits per heavy atom. The monoisotopic (exact) mass is 266 g/mol. The lowest BCUT2D eigenvalue weighted by Crippen LogP contribution is -2.03. The smallest absolute Gasteiger partial charge is 0.256 e. The summed E-state index contributed by atoms with van der Waals surface area (Å²) in [6.45, 7) is 6.33. The summed E-state index contributed by atoms with van der Waals surface area (Å²) in [6, 6.07) is 7.79. The number of rotatable bonds is 2. The molecule has 3 rings (SSSR count). The summed E-state index contributed by atoms with van der Waals surface area (Å²) in [5.41, 5.74) is 7.37. The zero-order valence-electron chi connectivity index (χ0n) is 12.0. The highest BCUT2D eigenvalue weighted by Crippen LogP contribution is 2.33. The molecular weight excluding hydrogens is 248 g/mol. The molecule has 1 aliphatic heterocycles. The van der Waals surface area contributed by atoms with Gasteiger partial charge in [-0.2, -0.15) is 0 Å². The lowest BCUT2D eigenvalue weighted by Gasteiger charge is -1.99. The first-order valence-corrected chi connectivity index (χ1v) is 6.92. The van der Waals surface area contributed by atoms with Crippen molar-refractivity contribution in [3.63, 3.8) is 0 Å². The first-order chi connectivity index (χ1) is 9.61. The minimum absolute atomic E-state index is 0.0316. The van der Waals surface area contributed by atoms with Crippen molar-refractivity contribution in [3.8, 4) is 0 Å². The molecule has 1 amide bonds. The maximum atomic E-state index is 12.1. The van der Waals surface area contributed by atoms with Gasteiger partial charge in [-0.05, 0) is 43.5 Å². The number of carbonyl (C=O) groups excluding carboxylic acids is 1. The van der Waals surface area contributed by atoms with Crippen LogP contribution in [0.15, 0.2) is 24.3 Å². The molecule has 1 aliphatic rings. The summed E-state index contributed by atoms with van der Waals surface area (Å²) in [5, 5.41) is 2.90. The predicted octanol–water partition coefficient (Wildman–Crippen LogP) is 3.69. The second-order valence-electron chi connectivity index (χ2n) is 5.18. The number of aromatic nitrogens is 1. The van der Waals surface area contributed by atoms with Crippen LogP contribution in [0, 0.1) is 13.8 Å². The Hall–Kier alpha value is -2.29. The third kappa shape index (κ3) is 1.86. The van der Waals surface area contributed by atoms with Crippen molar-refractivity contribution in [2.75, 3.05) is 5.32 Å². The summed E-state index contributed by atoms with van der Waals surface area (Å²) in [7, 11) is 0. The first kappa shape index (κ1) is 12.7. The summed E-state index contributed by atoms with van der Waals surface area (Å²) >= 11 is 0. The van der Waals surface area contributed by atoms with Gasteiger partial charge in [-0.15, -0.1) is 0 Å². The third-order valence-corrected chi connectivity index (χ3v) is 3.98. The molecular formula is C17H18N2O. The number of H-pyrrole nitrogens is 1. The highest BCUT2D eigenvalue weighted by Gasteiger charge is 2.24. The van der Waals surface area contributed by atoms with Gasteiger partial charge < -0.3 is 10.3 Å². The van der Waals surface area contributed by atoms with E-state index in [2.05, 4.69) is 31.1 Å². The number of nitrogens with one attached hydrogen (secondary N) is 2. The molecule has 0 spiro atoms. The molecule has 3 heteroatoms. The minimum atomic E-state index is -0.0316. The van der Waals surface area contributed by atoms with E-state index >= 15 is 0 Å². The quantitative estimate of drug-likeness (QED) is 0.800. The van der Waals surface area contributed by atoms with E-state index in [1.54, 1.807) is 0 Å². The van der Waals surface area contributed by atoms with Crippen LogP contribution in [0.2, 0.25) is 0 Å². The second-order valence-corrected chi connectivity index (χ2v) is 5.18. The standard InChI is InChI=1S/C17H18N2O/c1-4-12-10(2)16(18-11(12)3)9-14-13-7-5-6-8-15(13)19-17(14)20/h5-9,18H,4H2,1-3H3,(H,19,20)/b14-9+. The number of amides is 1. The van der Waals surface area contributed by atoms with Crippen LogP contribution in [-0.4, -0.2) is 10.9 Å². The topological polar surface area (TPSA) is 44.9 Å². The van der Waals surface area contributed by atoms with Crippen molar-refractivity contribution in [1.29, 1.82) is 0 Å². The molecule has 0 aliphatic carbocycles. The molecule has 1 aromatic heterocycles. The van der Waals surface area contributed by atoms with Crippen molar-refractivity contribution in [2.24, 2.45) is 0 Å². The van der Waals surface area contributed by atoms with Crippen LogP contribution in [0.25, 0.3) is 11.6 Å². The van der Waals surface area contributed by atoms with Crippen molar-refractivity contribution < 1.29 is 4.79 Å². The fourth-order valence-corrected chi connectivity index (χ4v) is 2.92. The van der Waals surface area contributed by atoms with Gasteiger partial charge in [-0.25, -0.2) is 0 Å². The number of aromatic amines is 1. The summed E-state index contributed by atoms with van der Waals surface area (Å²) in [4.78, 5) is 15.5. The van der Waals surface area contributed by atoms with Crippen molar-refractivity contribution in [1.82, 2.24) is 4.98 Å². The molecule has 0 radical (unpaired) electrons. The number of carbonyl (C=O) groups is 1. The van der Waals surface area contributed by atoms with E-state index in [1.807, 2.05) is 30.3 Å². The van der Waals surface area contributed by atoms with E-state index in [9.17, 15) is 4.79 Å². The van der Waals surface area contributed by atoms with E-state index in [0.717, 1.165) is 28.9 Å². The van der Waals surface area contributed by atoms with E-state index in [1.165, 1.54) is 16.8 Å². The molecule has 0 saturated heterocycles. The lowest BCUT2D eigenvalue weighted by atomic mass is 10.0. The molecule has 1 aromatic carbocycles. The van der Waals surface area contributed by atoms with E-state index in [-0.39, 0.29) is 5.91 Å². The molecule has 0 fully saturated rings. The normalized spacial score (nSPS) is 15.6. The average Bonchev–Trinajstić information content (AvgIpc) is 2.88. The third-order valence-electron chi connectivity index (χ3n) is 3.98. The molecule has 0 saturated carbocycles. The van der Waals surface area contributed by atoms with Crippen LogP contribution in [0.4, 0.5) is 5.69 Å². The molecule has 0 atom stereocenters. The highest BCUT2D eigenvalue weighted by molar-refractivity contribution is 6.34. The molecule has 2 N–H and O–H groups in total. The van der Waals surface area contributed by atoms with Crippen LogP contribution >= 0.6 is 0 Å². The highest BCUT2D eigenvalue weighted by atomic mass is 16.2. The van der Waals surface area contributed by atoms with Gasteiger partial charge in [0, 0.05) is 22.6 Å². The Bertz CT molecular complexity index is 723. The van der Waals surface area contributed by atoms with Crippen LogP contribution < -0.4 is 5.32 Å². The SMILES string of the molecule is CCc1c(C)[nH]c(/C=C2/C(=O)Nc3ccccc32)c1C. The van der Waals surface area contributed by atoms with Crippen molar-refractivity contribution >= 4 is 23.2 Å². The number of fused-ring (bicyclic) bond motifs is 1. The van der Waals surface area contributed by atoms with Crippen molar-refractivity contribution in [3.05, 3.63) is 52.3 Å². The average molecular weight is 266 g/mol. The maximum absolute atomic E-state index is 12.1. The summed E-state index contributed by atoms with van der Waals surface area (Å²) in [6.07, 6.45) is 2.96. The van der Waals surface area contributed by atoms with E-state index in [4.69, 9.17) is 0 Å². The molecule has 3 nitrogen and oxygen atoms in total. The Kier molecular flexibility index (Phi) is 2.97. The maximum Gasteiger partial charge on any atom is 0.256 e. The number of benzene rings is 1. The number of hydrogen-bond donors (Lipinski definition) is 2. The van der Waals surface area contributed by atoms with E-state index in [0.29, 0.717) is 0 Å². The summed E-state index contributed by atoms with van der Waals surface area (Å²) in [5.74, 6) is -0.0316. The zero-order chi connectivity index (χ0) is 14.3. The van der Waals surface area contributed by atoms with E-state index < -0.39 is 0 Å². The second kappa shape index (κ2) is 4.67. The van der Waals surface area contributed by atoms with Gasteiger partial charge in [0.2, 0.25) is 0 Å². The van der Waals surface area contributed by atoms with Gasteiger partial charge in [0.05, 0.1) is 5.57 Å². The Morgan fingerprint density at radius 2 is 1.95 bits per heavy atom. The minimum Gasteiger partial charge on any atom is -0.359 e. The predicted molar refractivity (Wildman–Crippen MR) is 82.6 cm³/mol. The molecule has 0 unspecified atom stereocenters.